The first-order chi connectivity index (χ1) is 14.7. The number of nitrogens with zero attached hydrogens (tertiary/aromatic N) is 6. The first-order valence-corrected chi connectivity index (χ1v) is 11.0. The minimum absolute atomic E-state index is 0.446. The molecule has 0 radical (unpaired) electrons. The van der Waals surface area contributed by atoms with Crippen LogP contribution in [-0.2, 0) is 12.3 Å². The first kappa shape index (κ1) is 20.2. The number of hydrogen-bond acceptors (Lipinski definition) is 8. The summed E-state index contributed by atoms with van der Waals surface area (Å²) >= 11 is 1.52. The largest absolute Gasteiger partial charge is 0.461 e. The molecule has 0 aliphatic rings. The first-order valence-electron chi connectivity index (χ1n) is 10.0. The minimum Gasteiger partial charge on any atom is -0.461 e. The standard InChI is InChI=1S/C21H24N6O2S/c1-4-26(5-2)16-11-9-15(10-12-16)20-23-24-21(27(20)6-3)30-14-18-22-19(25-29-18)17-8-7-13-28-17/h7-13H,4-6,14H2,1-3H3. The van der Waals surface area contributed by atoms with Crippen molar-refractivity contribution in [1.29, 1.82) is 0 Å². The molecule has 4 rings (SSSR count). The van der Waals surface area contributed by atoms with E-state index in [1.165, 1.54) is 17.4 Å². The van der Waals surface area contributed by atoms with E-state index in [9.17, 15) is 0 Å². The molecule has 1 aromatic carbocycles. The Balaban J connectivity index is 1.48. The molecule has 0 aliphatic carbocycles. The van der Waals surface area contributed by atoms with Crippen molar-refractivity contribution in [3.05, 3.63) is 48.6 Å². The third-order valence-electron chi connectivity index (χ3n) is 4.82. The van der Waals surface area contributed by atoms with Crippen molar-refractivity contribution in [2.75, 3.05) is 18.0 Å². The van der Waals surface area contributed by atoms with E-state index in [4.69, 9.17) is 8.94 Å². The monoisotopic (exact) mass is 424 g/mol. The van der Waals surface area contributed by atoms with Crippen LogP contribution in [0.5, 0.6) is 0 Å². The Hall–Kier alpha value is -3.07. The summed E-state index contributed by atoms with van der Waals surface area (Å²) in [5.41, 5.74) is 2.26. The van der Waals surface area contributed by atoms with Crippen LogP contribution >= 0.6 is 11.8 Å². The fraction of sp³-hybridized carbons (Fsp3) is 0.333. The van der Waals surface area contributed by atoms with Crippen LogP contribution < -0.4 is 4.90 Å². The lowest BCUT2D eigenvalue weighted by Crippen LogP contribution is -2.21. The molecular formula is C21H24N6O2S. The number of benzene rings is 1. The second kappa shape index (κ2) is 9.17. The van der Waals surface area contributed by atoms with Gasteiger partial charge in [-0.25, -0.2) is 0 Å². The van der Waals surface area contributed by atoms with Crippen LogP contribution in [0.4, 0.5) is 5.69 Å². The Bertz CT molecular complexity index is 1070. The Morgan fingerprint density at radius 2 is 1.83 bits per heavy atom. The number of thioether (sulfide) groups is 1. The number of aromatic nitrogens is 5. The average Bonchev–Trinajstić information content (AvgIpc) is 3.53. The van der Waals surface area contributed by atoms with Crippen LogP contribution in [0.15, 0.2) is 56.8 Å². The summed E-state index contributed by atoms with van der Waals surface area (Å²) in [7, 11) is 0. The number of anilines is 1. The minimum atomic E-state index is 0.446. The number of hydrogen-bond donors (Lipinski definition) is 0. The summed E-state index contributed by atoms with van der Waals surface area (Å²) in [6.45, 7) is 9.15. The molecule has 30 heavy (non-hydrogen) atoms. The van der Waals surface area contributed by atoms with Crippen molar-refractivity contribution in [3.63, 3.8) is 0 Å². The van der Waals surface area contributed by atoms with Crippen molar-refractivity contribution in [3.8, 4) is 23.0 Å². The predicted molar refractivity (Wildman–Crippen MR) is 116 cm³/mol. The van der Waals surface area contributed by atoms with Gasteiger partial charge in [-0.05, 0) is 57.2 Å². The number of furan rings is 1. The van der Waals surface area contributed by atoms with Gasteiger partial charge in [0, 0.05) is 30.9 Å². The van der Waals surface area contributed by atoms with E-state index in [0.29, 0.717) is 23.2 Å². The van der Waals surface area contributed by atoms with Gasteiger partial charge in [-0.2, -0.15) is 4.98 Å². The zero-order valence-corrected chi connectivity index (χ0v) is 18.1. The van der Waals surface area contributed by atoms with Crippen molar-refractivity contribution < 1.29 is 8.94 Å². The molecule has 0 fully saturated rings. The SMILES string of the molecule is CCN(CC)c1ccc(-c2nnc(SCc3nc(-c4ccco4)no3)n2CC)cc1. The van der Waals surface area contributed by atoms with Gasteiger partial charge in [-0.15, -0.1) is 10.2 Å². The van der Waals surface area contributed by atoms with Crippen LogP contribution in [0.2, 0.25) is 0 Å². The molecule has 0 spiro atoms. The second-order valence-corrected chi connectivity index (χ2v) is 7.49. The van der Waals surface area contributed by atoms with E-state index in [0.717, 1.165) is 36.2 Å². The van der Waals surface area contributed by atoms with Gasteiger partial charge in [0.05, 0.1) is 12.0 Å². The van der Waals surface area contributed by atoms with E-state index >= 15 is 0 Å². The fourth-order valence-electron chi connectivity index (χ4n) is 3.25. The molecule has 8 nitrogen and oxygen atoms in total. The highest BCUT2D eigenvalue weighted by atomic mass is 32.2. The molecule has 0 N–H and O–H groups in total. The molecule has 0 aliphatic heterocycles. The summed E-state index contributed by atoms with van der Waals surface area (Å²) in [5, 5.41) is 13.6. The molecule has 0 bridgehead atoms. The smallest absolute Gasteiger partial charge is 0.238 e. The summed E-state index contributed by atoms with van der Waals surface area (Å²) in [5.74, 6) is 2.91. The lowest BCUT2D eigenvalue weighted by Gasteiger charge is -2.21. The van der Waals surface area contributed by atoms with Crippen LogP contribution in [0.3, 0.4) is 0 Å². The molecule has 3 heterocycles. The maximum Gasteiger partial charge on any atom is 0.238 e. The maximum absolute atomic E-state index is 5.33. The molecule has 0 saturated carbocycles. The van der Waals surface area contributed by atoms with Crippen molar-refractivity contribution in [1.82, 2.24) is 24.9 Å². The highest BCUT2D eigenvalue weighted by Crippen LogP contribution is 2.28. The van der Waals surface area contributed by atoms with E-state index in [2.05, 4.69) is 74.8 Å². The van der Waals surface area contributed by atoms with Gasteiger partial charge >= 0.3 is 0 Å². The summed E-state index contributed by atoms with van der Waals surface area (Å²) < 4.78 is 12.7. The highest BCUT2D eigenvalue weighted by Gasteiger charge is 2.16. The highest BCUT2D eigenvalue weighted by molar-refractivity contribution is 7.98. The molecule has 0 saturated heterocycles. The van der Waals surface area contributed by atoms with Gasteiger partial charge in [0.1, 0.15) is 0 Å². The molecule has 4 aromatic rings. The van der Waals surface area contributed by atoms with Crippen LogP contribution in [0.1, 0.15) is 26.7 Å². The van der Waals surface area contributed by atoms with Crippen molar-refractivity contribution in [2.45, 2.75) is 38.2 Å². The normalized spacial score (nSPS) is 11.2. The molecular weight excluding hydrogens is 400 g/mol. The van der Waals surface area contributed by atoms with Crippen molar-refractivity contribution >= 4 is 17.4 Å². The second-order valence-electron chi connectivity index (χ2n) is 6.55. The predicted octanol–water partition coefficient (Wildman–Crippen LogP) is 4.75. The maximum atomic E-state index is 5.33. The Morgan fingerprint density at radius 3 is 2.50 bits per heavy atom. The average molecular weight is 425 g/mol. The van der Waals surface area contributed by atoms with Gasteiger partial charge in [0.15, 0.2) is 16.7 Å². The van der Waals surface area contributed by atoms with Gasteiger partial charge in [0.2, 0.25) is 11.7 Å². The zero-order chi connectivity index (χ0) is 20.9. The summed E-state index contributed by atoms with van der Waals surface area (Å²) in [4.78, 5) is 6.69. The van der Waals surface area contributed by atoms with E-state index in [-0.39, 0.29) is 0 Å². The van der Waals surface area contributed by atoms with E-state index in [1.807, 2.05) is 0 Å². The van der Waals surface area contributed by atoms with Crippen LogP contribution in [0.25, 0.3) is 23.0 Å². The zero-order valence-electron chi connectivity index (χ0n) is 17.3. The molecule has 0 amide bonds. The molecule has 0 unspecified atom stereocenters. The molecule has 3 aromatic heterocycles. The van der Waals surface area contributed by atoms with Crippen LogP contribution in [-0.4, -0.2) is 38.0 Å². The molecule has 156 valence electrons. The Labute approximate surface area is 179 Å². The van der Waals surface area contributed by atoms with E-state index in [1.54, 1.807) is 18.4 Å². The van der Waals surface area contributed by atoms with Gasteiger partial charge in [-0.1, -0.05) is 16.9 Å². The Morgan fingerprint density at radius 1 is 1.03 bits per heavy atom. The Kier molecular flexibility index (Phi) is 6.18. The van der Waals surface area contributed by atoms with Gasteiger partial charge in [0.25, 0.3) is 0 Å². The van der Waals surface area contributed by atoms with Crippen molar-refractivity contribution in [2.24, 2.45) is 0 Å². The summed E-state index contributed by atoms with van der Waals surface area (Å²) in [6, 6.07) is 12.1. The molecule has 9 heteroatoms. The fourth-order valence-corrected chi connectivity index (χ4v) is 4.09. The third-order valence-corrected chi connectivity index (χ3v) is 5.77. The van der Waals surface area contributed by atoms with E-state index < -0.39 is 0 Å². The summed E-state index contributed by atoms with van der Waals surface area (Å²) in [6.07, 6.45) is 1.58. The topological polar surface area (TPSA) is 86.0 Å². The lowest BCUT2D eigenvalue weighted by molar-refractivity contribution is 0.390. The molecule has 0 atom stereocenters. The van der Waals surface area contributed by atoms with Gasteiger partial charge in [-0.3, -0.25) is 0 Å². The van der Waals surface area contributed by atoms with Crippen LogP contribution in [0, 0.1) is 0 Å². The third kappa shape index (κ3) is 4.11. The number of rotatable bonds is 9. The van der Waals surface area contributed by atoms with Gasteiger partial charge < -0.3 is 18.4 Å². The lowest BCUT2D eigenvalue weighted by atomic mass is 10.2. The quantitative estimate of drug-likeness (QED) is 0.356.